The number of ether oxygens (including phenoxy) is 1. The minimum Gasteiger partial charge on any atom is -0.494 e. The summed E-state index contributed by atoms with van der Waals surface area (Å²) < 4.78 is 18.8. The molecule has 0 bridgehead atoms. The molecule has 112 valence electrons. The molecule has 2 aromatic rings. The van der Waals surface area contributed by atoms with Gasteiger partial charge in [0.15, 0.2) is 11.6 Å². The van der Waals surface area contributed by atoms with E-state index in [1.807, 2.05) is 17.4 Å². The number of nitrogens with one attached hydrogen (secondary N) is 1. The monoisotopic (exact) mass is 305 g/mol. The zero-order valence-electron chi connectivity index (χ0n) is 12.4. The molecule has 0 saturated heterocycles. The number of halogens is 1. The van der Waals surface area contributed by atoms with Crippen molar-refractivity contribution in [1.82, 2.24) is 5.32 Å². The van der Waals surface area contributed by atoms with Crippen LogP contribution >= 0.6 is 11.3 Å². The van der Waals surface area contributed by atoms with E-state index in [2.05, 4.69) is 23.7 Å². The van der Waals surface area contributed by atoms with Crippen molar-refractivity contribution in [1.29, 1.82) is 0 Å². The third kappa shape index (κ3) is 2.97. The molecule has 0 saturated carbocycles. The highest BCUT2D eigenvalue weighted by molar-refractivity contribution is 7.10. The van der Waals surface area contributed by atoms with Gasteiger partial charge in [0, 0.05) is 17.0 Å². The molecule has 2 unspecified atom stereocenters. The van der Waals surface area contributed by atoms with Crippen LogP contribution in [0.25, 0.3) is 0 Å². The van der Waals surface area contributed by atoms with Gasteiger partial charge >= 0.3 is 0 Å². The summed E-state index contributed by atoms with van der Waals surface area (Å²) in [6.07, 6.45) is 3.55. The van der Waals surface area contributed by atoms with Gasteiger partial charge in [0.2, 0.25) is 0 Å². The van der Waals surface area contributed by atoms with Gasteiger partial charge in [-0.3, -0.25) is 0 Å². The highest BCUT2D eigenvalue weighted by Crippen LogP contribution is 2.35. The summed E-state index contributed by atoms with van der Waals surface area (Å²) in [6, 6.07) is 7.89. The molecule has 0 aliphatic heterocycles. The van der Waals surface area contributed by atoms with E-state index >= 15 is 0 Å². The third-order valence-corrected chi connectivity index (χ3v) is 5.18. The van der Waals surface area contributed by atoms with Crippen molar-refractivity contribution in [2.45, 2.75) is 38.3 Å². The Hall–Kier alpha value is -1.39. The largest absolute Gasteiger partial charge is 0.494 e. The number of methoxy groups -OCH3 is 1. The second-order valence-electron chi connectivity index (χ2n) is 5.53. The van der Waals surface area contributed by atoms with Crippen LogP contribution in [0.4, 0.5) is 4.39 Å². The fourth-order valence-corrected chi connectivity index (χ4v) is 4.00. The molecular formula is C17H20FNOS. The first kappa shape index (κ1) is 14.5. The zero-order valence-corrected chi connectivity index (χ0v) is 13.2. The smallest absolute Gasteiger partial charge is 0.165 e. The van der Waals surface area contributed by atoms with Gasteiger partial charge in [-0.15, -0.1) is 11.3 Å². The van der Waals surface area contributed by atoms with Crippen molar-refractivity contribution in [2.75, 3.05) is 7.11 Å². The minimum absolute atomic E-state index is 0.112. The minimum atomic E-state index is -0.302. The number of hydrogen-bond donors (Lipinski definition) is 1. The molecular weight excluding hydrogens is 285 g/mol. The quantitative estimate of drug-likeness (QED) is 0.889. The number of aryl methyl sites for hydroxylation is 1. The van der Waals surface area contributed by atoms with Gasteiger partial charge in [-0.25, -0.2) is 4.39 Å². The van der Waals surface area contributed by atoms with E-state index in [1.54, 1.807) is 12.1 Å². The summed E-state index contributed by atoms with van der Waals surface area (Å²) in [4.78, 5) is 1.49. The maximum absolute atomic E-state index is 13.8. The predicted molar refractivity (Wildman–Crippen MR) is 84.5 cm³/mol. The summed E-state index contributed by atoms with van der Waals surface area (Å²) in [5.41, 5.74) is 2.38. The lowest BCUT2D eigenvalue weighted by Crippen LogP contribution is -2.27. The average molecular weight is 305 g/mol. The number of fused-ring (bicyclic) bond motifs is 1. The standard InChI is InChI=1S/C17H20FNOS/c1-11(12-6-7-16(20-2)14(18)10-12)19-15-4-3-5-17-13(15)8-9-21-17/h6-11,15,19H,3-5H2,1-2H3. The maximum atomic E-state index is 13.8. The molecule has 3 rings (SSSR count). The Morgan fingerprint density at radius 1 is 1.38 bits per heavy atom. The van der Waals surface area contributed by atoms with Crippen LogP contribution in [0.2, 0.25) is 0 Å². The fraction of sp³-hybridized carbons (Fsp3) is 0.412. The Kier molecular flexibility index (Phi) is 4.27. The van der Waals surface area contributed by atoms with Crippen LogP contribution in [0.1, 0.15) is 47.9 Å². The number of rotatable bonds is 4. The normalized spacial score (nSPS) is 19.1. The Morgan fingerprint density at radius 3 is 3.00 bits per heavy atom. The first-order chi connectivity index (χ1) is 10.2. The van der Waals surface area contributed by atoms with Crippen LogP contribution in [0.5, 0.6) is 5.75 Å². The van der Waals surface area contributed by atoms with E-state index in [1.165, 1.54) is 30.4 Å². The van der Waals surface area contributed by atoms with Gasteiger partial charge in [0.1, 0.15) is 0 Å². The van der Waals surface area contributed by atoms with Gasteiger partial charge in [-0.1, -0.05) is 6.07 Å². The van der Waals surface area contributed by atoms with E-state index in [9.17, 15) is 4.39 Å². The topological polar surface area (TPSA) is 21.3 Å². The van der Waals surface area contributed by atoms with Crippen LogP contribution in [0, 0.1) is 5.82 Å². The summed E-state index contributed by atoms with van der Waals surface area (Å²) in [5, 5.41) is 5.81. The van der Waals surface area contributed by atoms with Gasteiger partial charge in [-0.2, -0.15) is 0 Å². The molecule has 1 aromatic carbocycles. The third-order valence-electron chi connectivity index (χ3n) is 4.18. The van der Waals surface area contributed by atoms with Crippen molar-refractivity contribution in [3.05, 3.63) is 51.5 Å². The molecule has 0 radical (unpaired) electrons. The van der Waals surface area contributed by atoms with Crippen molar-refractivity contribution >= 4 is 11.3 Å². The lowest BCUT2D eigenvalue weighted by Gasteiger charge is -2.27. The Labute approximate surface area is 129 Å². The van der Waals surface area contributed by atoms with E-state index in [0.717, 1.165) is 12.0 Å². The maximum Gasteiger partial charge on any atom is 0.165 e. The van der Waals surface area contributed by atoms with Crippen molar-refractivity contribution in [2.24, 2.45) is 0 Å². The Morgan fingerprint density at radius 2 is 2.24 bits per heavy atom. The van der Waals surface area contributed by atoms with Crippen LogP contribution in [0.15, 0.2) is 29.6 Å². The zero-order chi connectivity index (χ0) is 14.8. The Balaban J connectivity index is 1.75. The van der Waals surface area contributed by atoms with Gasteiger partial charge in [0.25, 0.3) is 0 Å². The molecule has 2 nitrogen and oxygen atoms in total. The highest BCUT2D eigenvalue weighted by Gasteiger charge is 2.23. The lowest BCUT2D eigenvalue weighted by molar-refractivity contribution is 0.383. The summed E-state index contributed by atoms with van der Waals surface area (Å²) >= 11 is 1.84. The molecule has 21 heavy (non-hydrogen) atoms. The van der Waals surface area contributed by atoms with E-state index in [4.69, 9.17) is 4.74 Å². The number of hydrogen-bond acceptors (Lipinski definition) is 3. The van der Waals surface area contributed by atoms with Crippen LogP contribution in [0.3, 0.4) is 0 Å². The van der Waals surface area contributed by atoms with E-state index in [-0.39, 0.29) is 11.9 Å². The molecule has 2 atom stereocenters. The van der Waals surface area contributed by atoms with E-state index in [0.29, 0.717) is 11.8 Å². The van der Waals surface area contributed by atoms with Crippen molar-refractivity contribution in [3.63, 3.8) is 0 Å². The van der Waals surface area contributed by atoms with E-state index < -0.39 is 0 Å². The summed E-state index contributed by atoms with van der Waals surface area (Å²) in [6.45, 7) is 2.09. The molecule has 1 aromatic heterocycles. The fourth-order valence-electron chi connectivity index (χ4n) is 3.01. The SMILES string of the molecule is COc1ccc(C(C)NC2CCCc3sccc32)cc1F. The highest BCUT2D eigenvalue weighted by atomic mass is 32.1. The van der Waals surface area contributed by atoms with Crippen molar-refractivity contribution in [3.8, 4) is 5.75 Å². The molecule has 0 amide bonds. The summed E-state index contributed by atoms with van der Waals surface area (Å²) in [7, 11) is 1.49. The molecule has 1 aliphatic rings. The van der Waals surface area contributed by atoms with Gasteiger partial charge in [0.05, 0.1) is 7.11 Å². The van der Waals surface area contributed by atoms with Crippen LogP contribution in [-0.2, 0) is 6.42 Å². The molecule has 1 aliphatic carbocycles. The second kappa shape index (κ2) is 6.16. The van der Waals surface area contributed by atoms with Crippen LogP contribution < -0.4 is 10.1 Å². The first-order valence-electron chi connectivity index (χ1n) is 7.35. The predicted octanol–water partition coefficient (Wildman–Crippen LogP) is 4.62. The molecule has 1 N–H and O–H groups in total. The number of benzene rings is 1. The lowest BCUT2D eigenvalue weighted by atomic mass is 9.93. The first-order valence-corrected chi connectivity index (χ1v) is 8.22. The molecule has 1 heterocycles. The molecule has 0 spiro atoms. The van der Waals surface area contributed by atoms with Gasteiger partial charge in [-0.05, 0) is 60.9 Å². The second-order valence-corrected chi connectivity index (χ2v) is 6.53. The molecule has 4 heteroatoms. The van der Waals surface area contributed by atoms with Crippen LogP contribution in [-0.4, -0.2) is 7.11 Å². The average Bonchev–Trinajstić information content (AvgIpc) is 2.96. The van der Waals surface area contributed by atoms with Crippen molar-refractivity contribution < 1.29 is 9.13 Å². The number of thiophene rings is 1. The van der Waals surface area contributed by atoms with Gasteiger partial charge < -0.3 is 10.1 Å². The molecule has 0 fully saturated rings. The summed E-state index contributed by atoms with van der Waals surface area (Å²) in [5.74, 6) is -0.00717. The Bertz CT molecular complexity index is 625.